The van der Waals surface area contributed by atoms with Crippen molar-refractivity contribution in [2.75, 3.05) is 11.9 Å². The Morgan fingerprint density at radius 2 is 1.63 bits per heavy atom. The van der Waals surface area contributed by atoms with Crippen molar-refractivity contribution in [2.24, 2.45) is 5.41 Å². The van der Waals surface area contributed by atoms with Crippen LogP contribution in [-0.4, -0.2) is 39.5 Å². The molecule has 0 spiro atoms. The predicted molar refractivity (Wildman–Crippen MR) is 139 cm³/mol. The Balaban J connectivity index is 1.63. The maximum atomic E-state index is 12.8. The average Bonchev–Trinajstić information content (AvgIpc) is 3.14. The molecular weight excluding hydrogens is 442 g/mol. The molecule has 2 aromatic heterocycles. The van der Waals surface area contributed by atoms with Gasteiger partial charge in [0, 0.05) is 22.8 Å². The number of carbonyl (C=O) groups is 2. The van der Waals surface area contributed by atoms with Gasteiger partial charge in [-0.3, -0.25) is 9.59 Å². The quantitative estimate of drug-likeness (QED) is 0.364. The molecule has 0 unspecified atom stereocenters. The zero-order chi connectivity index (χ0) is 26.0. The number of nitrogens with one attached hydrogen (secondary N) is 2. The van der Waals surface area contributed by atoms with Crippen molar-refractivity contribution in [3.05, 3.63) is 53.9 Å². The summed E-state index contributed by atoms with van der Waals surface area (Å²) in [4.78, 5) is 32.7. The molecule has 0 saturated heterocycles. The van der Waals surface area contributed by atoms with Crippen LogP contribution in [0.3, 0.4) is 0 Å². The molecule has 3 aromatic rings. The molecule has 188 valence electrons. The van der Waals surface area contributed by atoms with Crippen LogP contribution in [0.25, 0.3) is 10.9 Å². The van der Waals surface area contributed by atoms with Gasteiger partial charge in [-0.05, 0) is 71.0 Å². The van der Waals surface area contributed by atoms with Crippen LogP contribution >= 0.6 is 0 Å². The number of benzene rings is 1. The minimum atomic E-state index is -0.489. The number of pyridine rings is 1. The number of nitrogens with zero attached hydrogens (tertiary/aromatic N) is 1. The molecule has 7 nitrogen and oxygen atoms in total. The number of rotatable bonds is 8. The lowest BCUT2D eigenvalue weighted by Gasteiger charge is -2.28. The van der Waals surface area contributed by atoms with Gasteiger partial charge in [0.25, 0.3) is 5.91 Å². The lowest BCUT2D eigenvalue weighted by atomic mass is 9.89. The topological polar surface area (TPSA) is 93.3 Å². The molecule has 1 amide bonds. The Labute approximate surface area is 207 Å². The highest BCUT2D eigenvalue weighted by molar-refractivity contribution is 6.05. The first kappa shape index (κ1) is 26.4. The summed E-state index contributed by atoms with van der Waals surface area (Å²) in [6.07, 6.45) is 2.36. The van der Waals surface area contributed by atoms with Gasteiger partial charge in [0.15, 0.2) is 5.78 Å². The molecule has 3 rings (SSSR count). The van der Waals surface area contributed by atoms with Crippen molar-refractivity contribution >= 4 is 28.4 Å². The number of aromatic nitrogens is 2. The molecule has 0 bridgehead atoms. The third-order valence-electron chi connectivity index (χ3n) is 5.42. The molecule has 0 aliphatic rings. The Hall–Kier alpha value is -3.19. The maximum Gasteiger partial charge on any atom is 0.256 e. The number of ketones is 1. The molecule has 0 fully saturated rings. The van der Waals surface area contributed by atoms with Gasteiger partial charge in [0.05, 0.1) is 29.6 Å². The minimum Gasteiger partial charge on any atom is -0.488 e. The Kier molecular flexibility index (Phi) is 7.41. The van der Waals surface area contributed by atoms with Crippen molar-refractivity contribution in [3.63, 3.8) is 0 Å². The van der Waals surface area contributed by atoms with E-state index in [1.54, 1.807) is 42.6 Å². The predicted octanol–water partition coefficient (Wildman–Crippen LogP) is 6.41. The second-order valence-corrected chi connectivity index (χ2v) is 11.5. The third kappa shape index (κ3) is 7.39. The van der Waals surface area contributed by atoms with E-state index in [1.165, 1.54) is 0 Å². The van der Waals surface area contributed by atoms with Gasteiger partial charge in [0.1, 0.15) is 17.2 Å². The summed E-state index contributed by atoms with van der Waals surface area (Å²) in [5, 5.41) is 3.63. The van der Waals surface area contributed by atoms with Gasteiger partial charge < -0.3 is 19.8 Å². The van der Waals surface area contributed by atoms with Crippen LogP contribution in [0.5, 0.6) is 5.75 Å². The second kappa shape index (κ2) is 9.82. The Bertz CT molecular complexity index is 1200. The van der Waals surface area contributed by atoms with Crippen LogP contribution in [0.15, 0.2) is 42.6 Å². The Morgan fingerprint density at radius 3 is 2.23 bits per heavy atom. The fraction of sp³-hybridized carbons (Fsp3) is 0.464. The molecule has 2 N–H and O–H groups in total. The summed E-state index contributed by atoms with van der Waals surface area (Å²) in [5.41, 5.74) is 0.687. The van der Waals surface area contributed by atoms with E-state index in [4.69, 9.17) is 9.47 Å². The second-order valence-electron chi connectivity index (χ2n) is 11.5. The first-order chi connectivity index (χ1) is 16.1. The van der Waals surface area contributed by atoms with E-state index in [9.17, 15) is 9.59 Å². The molecular formula is C28H37N3O4. The highest BCUT2D eigenvalue weighted by Crippen LogP contribution is 2.25. The van der Waals surface area contributed by atoms with E-state index in [-0.39, 0.29) is 17.3 Å². The van der Waals surface area contributed by atoms with Crippen LogP contribution in [0.4, 0.5) is 5.82 Å². The van der Waals surface area contributed by atoms with E-state index in [0.717, 1.165) is 17.3 Å². The van der Waals surface area contributed by atoms with Gasteiger partial charge in [0.2, 0.25) is 0 Å². The number of anilines is 1. The van der Waals surface area contributed by atoms with E-state index in [0.29, 0.717) is 29.4 Å². The smallest absolute Gasteiger partial charge is 0.256 e. The summed E-state index contributed by atoms with van der Waals surface area (Å²) < 4.78 is 11.9. The first-order valence-corrected chi connectivity index (χ1v) is 11.9. The zero-order valence-corrected chi connectivity index (χ0v) is 22.0. The monoisotopic (exact) mass is 479 g/mol. The molecule has 0 aliphatic heterocycles. The molecule has 0 atom stereocenters. The Morgan fingerprint density at radius 1 is 0.971 bits per heavy atom. The van der Waals surface area contributed by atoms with Crippen LogP contribution < -0.4 is 10.1 Å². The summed E-state index contributed by atoms with van der Waals surface area (Å²) in [6.45, 7) is 16.4. The van der Waals surface area contributed by atoms with Gasteiger partial charge in [-0.15, -0.1) is 0 Å². The standard InChI is InChI=1S/C28H37N3O4/c1-26(2,3)24(32)21-15-19-16-23(29-17-22(19)30-21)31-25(33)18-9-11-20(12-10-18)35-28(7,8)13-14-34-27(4,5)6/h9-12,15-17,30H,13-14H2,1-8H3,(H,29,31,33). The van der Waals surface area contributed by atoms with E-state index in [2.05, 4.69) is 15.3 Å². The van der Waals surface area contributed by atoms with Crippen molar-refractivity contribution < 1.29 is 19.1 Å². The number of aromatic amines is 1. The van der Waals surface area contributed by atoms with Gasteiger partial charge >= 0.3 is 0 Å². The van der Waals surface area contributed by atoms with Crippen molar-refractivity contribution in [1.29, 1.82) is 0 Å². The van der Waals surface area contributed by atoms with Crippen LogP contribution in [0.2, 0.25) is 0 Å². The summed E-state index contributed by atoms with van der Waals surface area (Å²) >= 11 is 0. The molecule has 2 heterocycles. The molecule has 35 heavy (non-hydrogen) atoms. The summed E-state index contributed by atoms with van der Waals surface area (Å²) in [7, 11) is 0. The molecule has 0 aliphatic carbocycles. The number of ether oxygens (including phenoxy) is 2. The number of H-pyrrole nitrogens is 1. The average molecular weight is 480 g/mol. The lowest BCUT2D eigenvalue weighted by molar-refractivity contribution is -0.0292. The number of hydrogen-bond donors (Lipinski definition) is 2. The number of fused-ring (bicyclic) bond motifs is 1. The van der Waals surface area contributed by atoms with Crippen molar-refractivity contribution in [2.45, 2.75) is 73.0 Å². The highest BCUT2D eigenvalue weighted by Gasteiger charge is 2.25. The summed E-state index contributed by atoms with van der Waals surface area (Å²) in [5.74, 6) is 0.844. The SMILES string of the molecule is CC(C)(C)OCCC(C)(C)Oc1ccc(C(=O)Nc2cc3cc(C(=O)C(C)(C)C)[nH]c3cn2)cc1. The van der Waals surface area contributed by atoms with Crippen molar-refractivity contribution in [1.82, 2.24) is 9.97 Å². The normalized spacial score (nSPS) is 12.6. The number of Topliss-reactive ketones (excluding diaryl/α,β-unsaturated/α-hetero) is 1. The van der Waals surface area contributed by atoms with Gasteiger partial charge in [-0.2, -0.15) is 0 Å². The van der Waals surface area contributed by atoms with E-state index in [1.807, 2.05) is 55.4 Å². The van der Waals surface area contributed by atoms with Crippen molar-refractivity contribution in [3.8, 4) is 5.75 Å². The lowest BCUT2D eigenvalue weighted by Crippen LogP contribution is -2.32. The highest BCUT2D eigenvalue weighted by atomic mass is 16.5. The van der Waals surface area contributed by atoms with Crippen LogP contribution in [0.1, 0.15) is 82.7 Å². The molecule has 1 aromatic carbocycles. The van der Waals surface area contributed by atoms with E-state index >= 15 is 0 Å². The maximum absolute atomic E-state index is 12.8. The van der Waals surface area contributed by atoms with Crippen LogP contribution in [0, 0.1) is 5.41 Å². The molecule has 7 heteroatoms. The fourth-order valence-electron chi connectivity index (χ4n) is 3.46. The van der Waals surface area contributed by atoms with E-state index < -0.39 is 11.0 Å². The molecule has 0 saturated carbocycles. The third-order valence-corrected chi connectivity index (χ3v) is 5.42. The van der Waals surface area contributed by atoms with Gasteiger partial charge in [-0.25, -0.2) is 4.98 Å². The number of hydrogen-bond acceptors (Lipinski definition) is 5. The first-order valence-electron chi connectivity index (χ1n) is 11.9. The largest absolute Gasteiger partial charge is 0.488 e. The zero-order valence-electron chi connectivity index (χ0n) is 22.0. The van der Waals surface area contributed by atoms with Crippen LogP contribution in [-0.2, 0) is 4.74 Å². The molecule has 0 radical (unpaired) electrons. The minimum absolute atomic E-state index is 0.0199. The number of carbonyl (C=O) groups excluding carboxylic acids is 2. The number of amides is 1. The summed E-state index contributed by atoms with van der Waals surface area (Å²) in [6, 6.07) is 10.6. The van der Waals surface area contributed by atoms with Gasteiger partial charge in [-0.1, -0.05) is 20.8 Å². The fourth-order valence-corrected chi connectivity index (χ4v) is 3.46.